The molecule has 0 atom stereocenters. The van der Waals surface area contributed by atoms with Gasteiger partial charge in [-0.3, -0.25) is 4.79 Å². The second-order valence-electron chi connectivity index (χ2n) is 8.01. The van der Waals surface area contributed by atoms with E-state index in [4.69, 9.17) is 14.2 Å². The molecule has 0 radical (unpaired) electrons. The Morgan fingerprint density at radius 1 is 0.871 bits per heavy atom. The first kappa shape index (κ1) is 22.9. The van der Waals surface area contributed by atoms with Crippen molar-refractivity contribution in [3.8, 4) is 17.2 Å². The second-order valence-corrected chi connectivity index (χ2v) is 8.01. The van der Waals surface area contributed by atoms with Crippen molar-refractivity contribution in [2.45, 2.75) is 71.1 Å². The third-order valence-corrected chi connectivity index (χ3v) is 5.41. The third-order valence-electron chi connectivity index (χ3n) is 5.41. The summed E-state index contributed by atoms with van der Waals surface area (Å²) >= 11 is 0. The zero-order chi connectivity index (χ0) is 21.9. The van der Waals surface area contributed by atoms with E-state index >= 15 is 0 Å². The quantitative estimate of drug-likeness (QED) is 0.215. The molecule has 0 aliphatic carbocycles. The smallest absolute Gasteiger partial charge is 0.343 e. The molecule has 0 saturated heterocycles. The summed E-state index contributed by atoms with van der Waals surface area (Å²) in [6.45, 7) is 2.93. The molecule has 166 valence electrons. The minimum absolute atomic E-state index is 0.254. The van der Waals surface area contributed by atoms with Crippen molar-refractivity contribution >= 4 is 11.9 Å². The number of unbranched alkanes of at least 4 members (excludes halogenated alkanes) is 8. The van der Waals surface area contributed by atoms with Crippen molar-refractivity contribution in [1.29, 1.82) is 0 Å². The molecular formula is C26H32O5. The number of rotatable bonds is 13. The van der Waals surface area contributed by atoms with E-state index in [1.54, 1.807) is 42.5 Å². The SMILES string of the molecule is CCCCCCCCCCCOc1ccc(C(=O)Oc2ccc3c(c2)OC(=O)C3)cc1. The molecule has 3 rings (SSSR count). The molecule has 5 nitrogen and oxygen atoms in total. The second kappa shape index (κ2) is 12.1. The maximum atomic E-state index is 12.4. The molecule has 0 bridgehead atoms. The van der Waals surface area contributed by atoms with Gasteiger partial charge in [-0.05, 0) is 36.8 Å². The third kappa shape index (κ3) is 7.42. The first-order valence-corrected chi connectivity index (χ1v) is 11.4. The van der Waals surface area contributed by atoms with Crippen molar-refractivity contribution < 1.29 is 23.8 Å². The fraction of sp³-hybridized carbons (Fsp3) is 0.462. The summed E-state index contributed by atoms with van der Waals surface area (Å²) in [6, 6.07) is 11.9. The van der Waals surface area contributed by atoms with Crippen LogP contribution < -0.4 is 14.2 Å². The van der Waals surface area contributed by atoms with Crippen LogP contribution in [-0.2, 0) is 11.2 Å². The summed E-state index contributed by atoms with van der Waals surface area (Å²) in [7, 11) is 0. The maximum absolute atomic E-state index is 12.4. The number of benzene rings is 2. The monoisotopic (exact) mass is 424 g/mol. The Kier molecular flexibility index (Phi) is 8.95. The van der Waals surface area contributed by atoms with Crippen LogP contribution >= 0.6 is 0 Å². The van der Waals surface area contributed by atoms with Crippen LogP contribution in [0.5, 0.6) is 17.2 Å². The minimum Gasteiger partial charge on any atom is -0.494 e. The number of fused-ring (bicyclic) bond motifs is 1. The molecule has 1 heterocycles. The van der Waals surface area contributed by atoms with Crippen molar-refractivity contribution in [3.05, 3.63) is 53.6 Å². The summed E-state index contributed by atoms with van der Waals surface area (Å²) in [4.78, 5) is 23.7. The molecule has 31 heavy (non-hydrogen) atoms. The van der Waals surface area contributed by atoms with Crippen LogP contribution in [0.4, 0.5) is 0 Å². The summed E-state index contributed by atoms with van der Waals surface area (Å²) in [5.41, 5.74) is 1.24. The summed E-state index contributed by atoms with van der Waals surface area (Å²) in [5, 5.41) is 0. The number of hydrogen-bond acceptors (Lipinski definition) is 5. The van der Waals surface area contributed by atoms with Gasteiger partial charge < -0.3 is 14.2 Å². The highest BCUT2D eigenvalue weighted by Crippen LogP contribution is 2.30. The molecule has 0 spiro atoms. The van der Waals surface area contributed by atoms with E-state index in [0.29, 0.717) is 23.7 Å². The van der Waals surface area contributed by atoms with E-state index in [1.165, 1.54) is 51.4 Å². The predicted octanol–water partition coefficient (Wildman–Crippen LogP) is 6.28. The Morgan fingerprint density at radius 2 is 1.52 bits per heavy atom. The van der Waals surface area contributed by atoms with Gasteiger partial charge in [-0.2, -0.15) is 0 Å². The summed E-state index contributed by atoms with van der Waals surface area (Å²) in [6.07, 6.45) is 11.8. The summed E-state index contributed by atoms with van der Waals surface area (Å²) < 4.78 is 16.3. The van der Waals surface area contributed by atoms with Gasteiger partial charge in [0, 0.05) is 11.6 Å². The Balaban J connectivity index is 1.34. The first-order valence-electron chi connectivity index (χ1n) is 11.4. The predicted molar refractivity (Wildman–Crippen MR) is 120 cm³/mol. The molecule has 0 saturated carbocycles. The molecule has 0 aromatic heterocycles. The van der Waals surface area contributed by atoms with Crippen LogP contribution in [0.25, 0.3) is 0 Å². The van der Waals surface area contributed by atoms with Gasteiger partial charge in [0.2, 0.25) is 0 Å². The van der Waals surface area contributed by atoms with Gasteiger partial charge >= 0.3 is 11.9 Å². The van der Waals surface area contributed by atoms with Gasteiger partial charge in [0.1, 0.15) is 17.2 Å². The van der Waals surface area contributed by atoms with E-state index in [-0.39, 0.29) is 12.4 Å². The molecule has 0 amide bonds. The van der Waals surface area contributed by atoms with Crippen LogP contribution in [-0.4, -0.2) is 18.5 Å². The van der Waals surface area contributed by atoms with Gasteiger partial charge in [-0.1, -0.05) is 64.4 Å². The standard InChI is InChI=1S/C26H32O5/c1-2-3-4-5-6-7-8-9-10-17-29-22-14-11-20(12-15-22)26(28)30-23-16-13-21-18-25(27)31-24(21)19-23/h11-16,19H,2-10,17-18H2,1H3. The molecule has 2 aromatic rings. The van der Waals surface area contributed by atoms with Crippen molar-refractivity contribution in [2.75, 3.05) is 6.61 Å². The molecule has 0 fully saturated rings. The Bertz CT molecular complexity index is 857. The Hall–Kier alpha value is -2.82. The highest BCUT2D eigenvalue weighted by Gasteiger charge is 2.21. The molecular weight excluding hydrogens is 392 g/mol. The first-order chi connectivity index (χ1) is 15.2. The average molecular weight is 425 g/mol. The van der Waals surface area contributed by atoms with Gasteiger partial charge in [-0.25, -0.2) is 4.79 Å². The summed E-state index contributed by atoms with van der Waals surface area (Å²) in [5.74, 6) is 0.798. The largest absolute Gasteiger partial charge is 0.494 e. The van der Waals surface area contributed by atoms with Gasteiger partial charge in [0.15, 0.2) is 0 Å². The molecule has 5 heteroatoms. The Morgan fingerprint density at radius 3 is 2.23 bits per heavy atom. The van der Waals surface area contributed by atoms with E-state index in [0.717, 1.165) is 17.7 Å². The highest BCUT2D eigenvalue weighted by atomic mass is 16.5. The number of hydrogen-bond donors (Lipinski definition) is 0. The van der Waals surface area contributed by atoms with Crippen LogP contribution in [0.15, 0.2) is 42.5 Å². The molecule has 0 unspecified atom stereocenters. The highest BCUT2D eigenvalue weighted by molar-refractivity contribution is 5.91. The van der Waals surface area contributed by atoms with Crippen molar-refractivity contribution in [1.82, 2.24) is 0 Å². The fourth-order valence-electron chi connectivity index (χ4n) is 3.61. The van der Waals surface area contributed by atoms with Crippen LogP contribution in [0.1, 0.15) is 80.6 Å². The number of esters is 2. The zero-order valence-corrected chi connectivity index (χ0v) is 18.4. The Labute approximate surface area is 184 Å². The van der Waals surface area contributed by atoms with E-state index < -0.39 is 5.97 Å². The average Bonchev–Trinajstić information content (AvgIpc) is 3.14. The van der Waals surface area contributed by atoms with Crippen LogP contribution in [0.2, 0.25) is 0 Å². The lowest BCUT2D eigenvalue weighted by Crippen LogP contribution is -2.08. The minimum atomic E-state index is -0.463. The lowest BCUT2D eigenvalue weighted by Gasteiger charge is -2.08. The van der Waals surface area contributed by atoms with E-state index in [2.05, 4.69) is 6.92 Å². The van der Waals surface area contributed by atoms with Crippen molar-refractivity contribution in [3.63, 3.8) is 0 Å². The van der Waals surface area contributed by atoms with Gasteiger partial charge in [0.25, 0.3) is 0 Å². The van der Waals surface area contributed by atoms with Gasteiger partial charge in [0.05, 0.1) is 18.6 Å². The number of carbonyl (C=O) groups is 2. The number of carbonyl (C=O) groups excluding carboxylic acids is 2. The molecule has 1 aliphatic rings. The topological polar surface area (TPSA) is 61.8 Å². The number of ether oxygens (including phenoxy) is 3. The zero-order valence-electron chi connectivity index (χ0n) is 18.4. The van der Waals surface area contributed by atoms with Crippen LogP contribution in [0.3, 0.4) is 0 Å². The van der Waals surface area contributed by atoms with Crippen LogP contribution in [0, 0.1) is 0 Å². The molecule has 0 N–H and O–H groups in total. The normalized spacial score (nSPS) is 12.4. The lowest BCUT2D eigenvalue weighted by molar-refractivity contribution is -0.131. The molecule has 1 aliphatic heterocycles. The van der Waals surface area contributed by atoms with Gasteiger partial charge in [-0.15, -0.1) is 0 Å². The van der Waals surface area contributed by atoms with E-state index in [9.17, 15) is 9.59 Å². The van der Waals surface area contributed by atoms with E-state index in [1.807, 2.05) is 0 Å². The molecule has 2 aromatic carbocycles. The lowest BCUT2D eigenvalue weighted by atomic mass is 10.1. The fourth-order valence-corrected chi connectivity index (χ4v) is 3.61. The maximum Gasteiger partial charge on any atom is 0.343 e. The van der Waals surface area contributed by atoms with Crippen molar-refractivity contribution in [2.24, 2.45) is 0 Å².